The minimum atomic E-state index is 0. The Morgan fingerprint density at radius 1 is 1.32 bits per heavy atom. The third-order valence-electron chi connectivity index (χ3n) is 5.17. The summed E-state index contributed by atoms with van der Waals surface area (Å²) in [7, 11) is 1.67. The summed E-state index contributed by atoms with van der Waals surface area (Å²) in [6, 6.07) is 7.99. The number of halogens is 1. The number of hydrogen-bond acceptors (Lipinski definition) is 3. The molecule has 0 heterocycles. The number of benzene rings is 1. The van der Waals surface area contributed by atoms with Crippen molar-refractivity contribution in [2.75, 3.05) is 13.7 Å². The first-order valence-corrected chi connectivity index (χ1v) is 7.86. The van der Waals surface area contributed by atoms with E-state index in [4.69, 9.17) is 10.5 Å². The number of carbonyl (C=O) groups excluding carboxylic acids is 1. The summed E-state index contributed by atoms with van der Waals surface area (Å²) in [4.78, 5) is 12.4. The van der Waals surface area contributed by atoms with E-state index in [1.165, 1.54) is 12.8 Å². The molecule has 122 valence electrons. The number of rotatable bonds is 5. The van der Waals surface area contributed by atoms with Gasteiger partial charge in [-0.1, -0.05) is 18.2 Å². The first-order chi connectivity index (χ1) is 10.2. The van der Waals surface area contributed by atoms with Crippen molar-refractivity contribution in [2.45, 2.75) is 31.7 Å². The zero-order valence-corrected chi connectivity index (χ0v) is 13.8. The Morgan fingerprint density at radius 2 is 2.05 bits per heavy atom. The number of amides is 1. The van der Waals surface area contributed by atoms with Gasteiger partial charge in [0.25, 0.3) is 0 Å². The SMILES string of the molecule is COc1ccccc1CCNC(=O)C1C2CCC(C2)C1N.Cl. The largest absolute Gasteiger partial charge is 0.496 e. The van der Waals surface area contributed by atoms with Crippen LogP contribution in [-0.4, -0.2) is 25.6 Å². The highest BCUT2D eigenvalue weighted by atomic mass is 35.5. The molecule has 0 aliphatic heterocycles. The molecule has 4 unspecified atom stereocenters. The summed E-state index contributed by atoms with van der Waals surface area (Å²) in [6.07, 6.45) is 4.30. The number of nitrogens with one attached hydrogen (secondary N) is 1. The van der Waals surface area contributed by atoms with Gasteiger partial charge in [0, 0.05) is 12.6 Å². The van der Waals surface area contributed by atoms with Gasteiger partial charge in [-0.3, -0.25) is 4.79 Å². The highest BCUT2D eigenvalue weighted by Gasteiger charge is 2.48. The van der Waals surface area contributed by atoms with Crippen LogP contribution in [0.15, 0.2) is 24.3 Å². The van der Waals surface area contributed by atoms with E-state index in [-0.39, 0.29) is 30.3 Å². The average Bonchev–Trinajstić information content (AvgIpc) is 3.08. The summed E-state index contributed by atoms with van der Waals surface area (Å²) >= 11 is 0. The molecule has 3 rings (SSSR count). The fourth-order valence-corrected chi connectivity index (χ4v) is 4.07. The van der Waals surface area contributed by atoms with Crippen LogP contribution in [0.5, 0.6) is 5.75 Å². The quantitative estimate of drug-likeness (QED) is 0.872. The summed E-state index contributed by atoms with van der Waals surface area (Å²) in [5, 5.41) is 3.07. The van der Waals surface area contributed by atoms with E-state index in [9.17, 15) is 4.79 Å². The molecule has 2 fully saturated rings. The van der Waals surface area contributed by atoms with Gasteiger partial charge < -0.3 is 15.8 Å². The first kappa shape index (κ1) is 17.1. The van der Waals surface area contributed by atoms with Crippen molar-refractivity contribution in [2.24, 2.45) is 23.5 Å². The molecule has 1 aromatic rings. The van der Waals surface area contributed by atoms with E-state index >= 15 is 0 Å². The lowest BCUT2D eigenvalue weighted by Gasteiger charge is -2.27. The van der Waals surface area contributed by atoms with Crippen LogP contribution in [0.25, 0.3) is 0 Å². The summed E-state index contributed by atoms with van der Waals surface area (Å²) in [6.45, 7) is 0.639. The van der Waals surface area contributed by atoms with Gasteiger partial charge in [-0.2, -0.15) is 0 Å². The van der Waals surface area contributed by atoms with Gasteiger partial charge in [-0.25, -0.2) is 0 Å². The van der Waals surface area contributed by atoms with Crippen molar-refractivity contribution in [1.29, 1.82) is 0 Å². The van der Waals surface area contributed by atoms with Gasteiger partial charge in [0.05, 0.1) is 13.0 Å². The lowest BCUT2D eigenvalue weighted by atomic mass is 9.84. The van der Waals surface area contributed by atoms with Crippen LogP contribution >= 0.6 is 12.4 Å². The number of fused-ring (bicyclic) bond motifs is 2. The third-order valence-corrected chi connectivity index (χ3v) is 5.17. The minimum Gasteiger partial charge on any atom is -0.496 e. The van der Waals surface area contributed by atoms with Crippen LogP contribution in [0, 0.1) is 17.8 Å². The normalized spacial score (nSPS) is 29.0. The number of nitrogens with two attached hydrogens (primary N) is 1. The van der Waals surface area contributed by atoms with E-state index in [0.29, 0.717) is 18.4 Å². The Labute approximate surface area is 138 Å². The topological polar surface area (TPSA) is 64.3 Å². The van der Waals surface area contributed by atoms with E-state index in [0.717, 1.165) is 24.2 Å². The molecule has 5 heteroatoms. The maximum Gasteiger partial charge on any atom is 0.224 e. The fraction of sp³-hybridized carbons (Fsp3) is 0.588. The molecule has 2 bridgehead atoms. The predicted molar refractivity (Wildman–Crippen MR) is 89.3 cm³/mol. The van der Waals surface area contributed by atoms with Crippen molar-refractivity contribution >= 4 is 18.3 Å². The van der Waals surface area contributed by atoms with Crippen molar-refractivity contribution < 1.29 is 9.53 Å². The molecule has 0 aromatic heterocycles. The van der Waals surface area contributed by atoms with Gasteiger partial charge in [0.1, 0.15) is 5.75 Å². The van der Waals surface area contributed by atoms with E-state index in [1.807, 2.05) is 24.3 Å². The summed E-state index contributed by atoms with van der Waals surface area (Å²) in [5.74, 6) is 2.13. The van der Waals surface area contributed by atoms with Gasteiger partial charge in [-0.15, -0.1) is 12.4 Å². The second-order valence-corrected chi connectivity index (χ2v) is 6.29. The molecule has 0 radical (unpaired) electrons. The van der Waals surface area contributed by atoms with Crippen LogP contribution in [0.4, 0.5) is 0 Å². The van der Waals surface area contributed by atoms with Crippen molar-refractivity contribution in [1.82, 2.24) is 5.32 Å². The van der Waals surface area contributed by atoms with Crippen LogP contribution < -0.4 is 15.8 Å². The number of hydrogen-bond donors (Lipinski definition) is 2. The van der Waals surface area contributed by atoms with Crippen LogP contribution in [-0.2, 0) is 11.2 Å². The Balaban J connectivity index is 0.00000176. The molecule has 2 aliphatic carbocycles. The summed E-state index contributed by atoms with van der Waals surface area (Å²) in [5.41, 5.74) is 7.34. The van der Waals surface area contributed by atoms with Crippen molar-refractivity contribution in [3.63, 3.8) is 0 Å². The second kappa shape index (κ2) is 7.34. The highest BCUT2D eigenvalue weighted by Crippen LogP contribution is 2.47. The van der Waals surface area contributed by atoms with Crippen LogP contribution in [0.2, 0.25) is 0 Å². The lowest BCUT2D eigenvalue weighted by Crippen LogP contribution is -2.45. The zero-order chi connectivity index (χ0) is 14.8. The van der Waals surface area contributed by atoms with E-state index in [2.05, 4.69) is 5.32 Å². The maximum absolute atomic E-state index is 12.4. The molecule has 2 aliphatic rings. The number of carbonyl (C=O) groups is 1. The van der Waals surface area contributed by atoms with Gasteiger partial charge in [0.2, 0.25) is 5.91 Å². The average molecular weight is 325 g/mol. The highest BCUT2D eigenvalue weighted by molar-refractivity contribution is 5.85. The Hall–Kier alpha value is -1.26. The predicted octanol–water partition coefficient (Wildman–Crippen LogP) is 2.15. The molecule has 4 nitrogen and oxygen atoms in total. The molecule has 1 amide bonds. The van der Waals surface area contributed by atoms with Gasteiger partial charge in [0.15, 0.2) is 0 Å². The lowest BCUT2D eigenvalue weighted by molar-refractivity contribution is -0.127. The number of para-hydroxylation sites is 1. The second-order valence-electron chi connectivity index (χ2n) is 6.29. The van der Waals surface area contributed by atoms with E-state index in [1.54, 1.807) is 7.11 Å². The van der Waals surface area contributed by atoms with Crippen LogP contribution in [0.1, 0.15) is 24.8 Å². The standard InChI is InChI=1S/C17H24N2O2.ClH/c1-21-14-5-3-2-4-11(14)8-9-19-17(20)15-12-6-7-13(10-12)16(15)18;/h2-5,12-13,15-16H,6-10,18H2,1H3,(H,19,20);1H. The smallest absolute Gasteiger partial charge is 0.224 e. The van der Waals surface area contributed by atoms with Gasteiger partial charge >= 0.3 is 0 Å². The monoisotopic (exact) mass is 324 g/mol. The van der Waals surface area contributed by atoms with Crippen molar-refractivity contribution in [3.05, 3.63) is 29.8 Å². The first-order valence-electron chi connectivity index (χ1n) is 7.86. The molecule has 2 saturated carbocycles. The molecule has 0 saturated heterocycles. The Morgan fingerprint density at radius 3 is 2.73 bits per heavy atom. The number of ether oxygens (including phenoxy) is 1. The maximum atomic E-state index is 12.4. The van der Waals surface area contributed by atoms with Crippen LogP contribution in [0.3, 0.4) is 0 Å². The molecule has 4 atom stereocenters. The zero-order valence-electron chi connectivity index (χ0n) is 13.0. The molecule has 3 N–H and O–H groups in total. The third kappa shape index (κ3) is 3.23. The minimum absolute atomic E-state index is 0. The summed E-state index contributed by atoms with van der Waals surface area (Å²) < 4.78 is 5.33. The Kier molecular flexibility index (Phi) is 5.70. The van der Waals surface area contributed by atoms with Crippen molar-refractivity contribution in [3.8, 4) is 5.75 Å². The van der Waals surface area contributed by atoms with Gasteiger partial charge in [-0.05, 0) is 49.1 Å². The fourth-order valence-electron chi connectivity index (χ4n) is 4.07. The molecular weight excluding hydrogens is 300 g/mol. The molecule has 1 aromatic carbocycles. The number of methoxy groups -OCH3 is 1. The van der Waals surface area contributed by atoms with E-state index < -0.39 is 0 Å². The molecule has 0 spiro atoms. The molecule has 22 heavy (non-hydrogen) atoms. The molecular formula is C17H25ClN2O2. The Bertz CT molecular complexity index is 521.